The van der Waals surface area contributed by atoms with Gasteiger partial charge in [0, 0.05) is 46.1 Å². The Morgan fingerprint density at radius 1 is 0.964 bits per heavy atom. The maximum absolute atomic E-state index is 12.0. The van der Waals surface area contributed by atoms with E-state index in [0.717, 1.165) is 38.4 Å². The quantitative estimate of drug-likeness (QED) is 0.203. The molecule has 2 rings (SSSR count). The van der Waals surface area contributed by atoms with Crippen molar-refractivity contribution in [3.8, 4) is 0 Å². The molecule has 2 aliphatic rings. The first kappa shape index (κ1) is 25.0. The lowest BCUT2D eigenvalue weighted by Gasteiger charge is -2.34. The van der Waals surface area contributed by atoms with Crippen molar-refractivity contribution in [3.05, 3.63) is 0 Å². The lowest BCUT2D eigenvalue weighted by molar-refractivity contribution is -0.122. The zero-order valence-electron chi connectivity index (χ0n) is 17.5. The monoisotopic (exact) mass is 507 g/mol. The van der Waals surface area contributed by atoms with Crippen molar-refractivity contribution in [2.75, 3.05) is 39.8 Å². The molecule has 1 saturated heterocycles. The van der Waals surface area contributed by atoms with Gasteiger partial charge in [0.05, 0.1) is 6.54 Å². The summed E-state index contributed by atoms with van der Waals surface area (Å²) in [6.07, 6.45) is 8.25. The summed E-state index contributed by atoms with van der Waals surface area (Å²) in [4.78, 5) is 30.5. The van der Waals surface area contributed by atoms with Crippen LogP contribution in [0.5, 0.6) is 0 Å². The molecule has 0 radical (unpaired) electrons. The van der Waals surface area contributed by atoms with Gasteiger partial charge in [-0.3, -0.25) is 14.6 Å². The van der Waals surface area contributed by atoms with Crippen LogP contribution in [-0.2, 0) is 9.59 Å². The molecular weight excluding hydrogens is 469 g/mol. The number of hydrogen-bond donors (Lipinski definition) is 3. The number of carbonyl (C=O) groups excluding carboxylic acids is 2. The van der Waals surface area contributed by atoms with Gasteiger partial charge in [0.25, 0.3) is 0 Å². The van der Waals surface area contributed by atoms with Crippen LogP contribution in [0.3, 0.4) is 0 Å². The van der Waals surface area contributed by atoms with Crippen LogP contribution < -0.4 is 16.0 Å². The van der Waals surface area contributed by atoms with E-state index >= 15 is 0 Å². The third-order valence-electron chi connectivity index (χ3n) is 5.65. The van der Waals surface area contributed by atoms with Crippen LogP contribution in [0.1, 0.15) is 58.3 Å². The summed E-state index contributed by atoms with van der Waals surface area (Å²) in [5.74, 6) is 2.25. The number of likely N-dealkylation sites (tertiary alicyclic amines) is 1. The van der Waals surface area contributed by atoms with Gasteiger partial charge in [-0.25, -0.2) is 0 Å². The summed E-state index contributed by atoms with van der Waals surface area (Å²) < 4.78 is 0. The van der Waals surface area contributed by atoms with Crippen molar-refractivity contribution in [2.24, 2.45) is 16.8 Å². The van der Waals surface area contributed by atoms with E-state index in [1.54, 1.807) is 7.05 Å². The third-order valence-corrected chi connectivity index (χ3v) is 5.65. The SMILES string of the molecule is CCNC(=NCCNC(=O)CC1CCCC1)N1CCC(CC(=O)NC)CC1.I. The Kier molecular flexibility index (Phi) is 12.5. The van der Waals surface area contributed by atoms with Crippen LogP contribution in [0.15, 0.2) is 4.99 Å². The van der Waals surface area contributed by atoms with Crippen LogP contribution >= 0.6 is 24.0 Å². The molecule has 0 aromatic carbocycles. The largest absolute Gasteiger partial charge is 0.359 e. The molecule has 2 amide bonds. The minimum atomic E-state index is 0. The maximum Gasteiger partial charge on any atom is 0.220 e. The molecule has 1 heterocycles. The van der Waals surface area contributed by atoms with Crippen LogP contribution in [0.2, 0.25) is 0 Å². The van der Waals surface area contributed by atoms with Gasteiger partial charge in [0.1, 0.15) is 0 Å². The van der Waals surface area contributed by atoms with Crippen molar-refractivity contribution in [1.82, 2.24) is 20.9 Å². The van der Waals surface area contributed by atoms with Crippen molar-refractivity contribution in [3.63, 3.8) is 0 Å². The summed E-state index contributed by atoms with van der Waals surface area (Å²) in [5, 5.41) is 9.07. The Morgan fingerprint density at radius 2 is 1.57 bits per heavy atom. The number of halogens is 1. The number of piperidine rings is 1. The van der Waals surface area contributed by atoms with Gasteiger partial charge >= 0.3 is 0 Å². The topological polar surface area (TPSA) is 85.8 Å². The lowest BCUT2D eigenvalue weighted by Crippen LogP contribution is -2.46. The molecule has 0 aromatic rings. The fourth-order valence-corrected chi connectivity index (χ4v) is 4.04. The fraction of sp³-hybridized carbons (Fsp3) is 0.850. The fourth-order valence-electron chi connectivity index (χ4n) is 4.04. The van der Waals surface area contributed by atoms with Gasteiger partial charge in [-0.15, -0.1) is 24.0 Å². The molecule has 1 aliphatic carbocycles. The highest BCUT2D eigenvalue weighted by Gasteiger charge is 2.23. The van der Waals surface area contributed by atoms with Gasteiger partial charge in [-0.1, -0.05) is 12.8 Å². The van der Waals surface area contributed by atoms with E-state index in [0.29, 0.717) is 37.8 Å². The first-order valence-electron chi connectivity index (χ1n) is 10.6. The van der Waals surface area contributed by atoms with E-state index in [1.165, 1.54) is 25.7 Å². The molecular formula is C20H38IN5O2. The minimum absolute atomic E-state index is 0. The molecule has 7 nitrogen and oxygen atoms in total. The number of carbonyl (C=O) groups is 2. The van der Waals surface area contributed by atoms with Gasteiger partial charge in [0.2, 0.25) is 11.8 Å². The van der Waals surface area contributed by atoms with E-state index in [4.69, 9.17) is 0 Å². The second-order valence-corrected chi connectivity index (χ2v) is 7.75. The summed E-state index contributed by atoms with van der Waals surface area (Å²) >= 11 is 0. The highest BCUT2D eigenvalue weighted by molar-refractivity contribution is 14.0. The number of rotatable bonds is 8. The Hall–Kier alpha value is -1.06. The second-order valence-electron chi connectivity index (χ2n) is 7.75. The van der Waals surface area contributed by atoms with Crippen molar-refractivity contribution >= 4 is 41.8 Å². The van der Waals surface area contributed by atoms with Gasteiger partial charge < -0.3 is 20.9 Å². The van der Waals surface area contributed by atoms with Crippen molar-refractivity contribution < 1.29 is 9.59 Å². The van der Waals surface area contributed by atoms with E-state index in [9.17, 15) is 9.59 Å². The number of aliphatic imine (C=N–C) groups is 1. The molecule has 28 heavy (non-hydrogen) atoms. The van der Waals surface area contributed by atoms with Crippen LogP contribution in [0.4, 0.5) is 0 Å². The molecule has 0 unspecified atom stereocenters. The third kappa shape index (κ3) is 8.96. The number of nitrogens with one attached hydrogen (secondary N) is 3. The van der Waals surface area contributed by atoms with Gasteiger partial charge in [-0.05, 0) is 44.4 Å². The molecule has 8 heteroatoms. The molecule has 0 atom stereocenters. The molecule has 0 aromatic heterocycles. The number of nitrogens with zero attached hydrogens (tertiary/aromatic N) is 2. The molecule has 2 fully saturated rings. The van der Waals surface area contributed by atoms with E-state index in [2.05, 4.69) is 32.8 Å². The van der Waals surface area contributed by atoms with Crippen molar-refractivity contribution in [2.45, 2.75) is 58.3 Å². The lowest BCUT2D eigenvalue weighted by atomic mass is 9.93. The number of hydrogen-bond acceptors (Lipinski definition) is 3. The number of amides is 2. The zero-order chi connectivity index (χ0) is 19.5. The molecule has 0 bridgehead atoms. The summed E-state index contributed by atoms with van der Waals surface area (Å²) in [5.41, 5.74) is 0. The minimum Gasteiger partial charge on any atom is -0.359 e. The first-order valence-corrected chi connectivity index (χ1v) is 10.6. The average Bonchev–Trinajstić information content (AvgIpc) is 3.17. The van der Waals surface area contributed by atoms with Crippen LogP contribution in [0, 0.1) is 11.8 Å². The first-order chi connectivity index (χ1) is 13.1. The molecule has 0 spiro atoms. The smallest absolute Gasteiger partial charge is 0.220 e. The predicted molar refractivity (Wildman–Crippen MR) is 124 cm³/mol. The maximum atomic E-state index is 12.0. The Morgan fingerprint density at radius 3 is 2.18 bits per heavy atom. The number of guanidine groups is 1. The Balaban J connectivity index is 0.00000392. The Bertz CT molecular complexity index is 501. The average molecular weight is 507 g/mol. The standard InChI is InChI=1S/C20H37N5O2.HI/c1-3-22-20(25-12-8-17(9-13-25)14-18(26)21-2)24-11-10-23-19(27)15-16-6-4-5-7-16;/h16-17H,3-15H2,1-2H3,(H,21,26)(H,22,24)(H,23,27);1H. The van der Waals surface area contributed by atoms with E-state index in [1.807, 2.05) is 0 Å². The predicted octanol–water partition coefficient (Wildman–Crippen LogP) is 2.11. The Labute approximate surface area is 186 Å². The van der Waals surface area contributed by atoms with E-state index < -0.39 is 0 Å². The van der Waals surface area contributed by atoms with Gasteiger partial charge in [0.15, 0.2) is 5.96 Å². The van der Waals surface area contributed by atoms with Crippen LogP contribution in [0.25, 0.3) is 0 Å². The molecule has 162 valence electrons. The zero-order valence-corrected chi connectivity index (χ0v) is 19.8. The van der Waals surface area contributed by atoms with Crippen molar-refractivity contribution in [1.29, 1.82) is 0 Å². The molecule has 3 N–H and O–H groups in total. The normalized spacial score (nSPS) is 18.5. The summed E-state index contributed by atoms with van der Waals surface area (Å²) in [6, 6.07) is 0. The van der Waals surface area contributed by atoms with Crippen LogP contribution in [-0.4, -0.2) is 62.4 Å². The summed E-state index contributed by atoms with van der Waals surface area (Å²) in [6.45, 7) is 5.91. The van der Waals surface area contributed by atoms with Gasteiger partial charge in [-0.2, -0.15) is 0 Å². The highest BCUT2D eigenvalue weighted by Crippen LogP contribution is 2.27. The summed E-state index contributed by atoms with van der Waals surface area (Å²) in [7, 11) is 1.69. The molecule has 1 saturated carbocycles. The highest BCUT2D eigenvalue weighted by atomic mass is 127. The molecule has 1 aliphatic heterocycles. The second kappa shape index (κ2) is 14.0. The van der Waals surface area contributed by atoms with E-state index in [-0.39, 0.29) is 35.8 Å².